The van der Waals surface area contributed by atoms with Crippen molar-refractivity contribution in [2.24, 2.45) is 0 Å². The van der Waals surface area contributed by atoms with Crippen molar-refractivity contribution >= 4 is 33.9 Å². The molecule has 7 heteroatoms. The van der Waals surface area contributed by atoms with E-state index in [1.165, 1.54) is 7.11 Å². The Morgan fingerprint density at radius 1 is 1.35 bits per heavy atom. The van der Waals surface area contributed by atoms with E-state index in [1.807, 2.05) is 20.8 Å². The number of ether oxygens (including phenoxy) is 1. The van der Waals surface area contributed by atoms with Crippen LogP contribution in [0, 0.1) is 0 Å². The summed E-state index contributed by atoms with van der Waals surface area (Å²) in [6.45, 7) is 6.15. The smallest absolute Gasteiger partial charge is 0.251 e. The number of methoxy groups -OCH3 is 1. The van der Waals surface area contributed by atoms with Crippen molar-refractivity contribution in [1.29, 1.82) is 0 Å². The number of nitrogens with one attached hydrogen (secondary N) is 2. The van der Waals surface area contributed by atoms with Crippen LogP contribution in [0.25, 0.3) is 10.9 Å². The Kier molecular flexibility index (Phi) is 5.62. The van der Waals surface area contributed by atoms with Gasteiger partial charge in [-0.3, -0.25) is 4.79 Å². The summed E-state index contributed by atoms with van der Waals surface area (Å²) in [7, 11) is 1.53. The lowest BCUT2D eigenvalue weighted by Crippen LogP contribution is -2.40. The molecule has 5 nitrogen and oxygen atoms in total. The van der Waals surface area contributed by atoms with Crippen LogP contribution in [0.5, 0.6) is 5.75 Å². The summed E-state index contributed by atoms with van der Waals surface area (Å²) in [6.07, 6.45) is 0.483. The molecule has 1 aromatic heterocycles. The quantitative estimate of drug-likeness (QED) is 0.807. The number of hydrogen-bond donors (Lipinski definition) is 2. The van der Waals surface area contributed by atoms with Gasteiger partial charge in [-0.05, 0) is 39.3 Å². The number of hydrogen-bond acceptors (Lipinski definition) is 4. The Bertz CT molecular complexity index is 755. The SMILES string of the molecule is COc1cc2[nH]c(=O)c(CCN[S+]([O-])C(C)(C)C)cc2cc1Cl. The first kappa shape index (κ1) is 18.1. The number of aromatic amines is 1. The summed E-state index contributed by atoms with van der Waals surface area (Å²) in [5.74, 6) is 0.518. The highest BCUT2D eigenvalue weighted by Crippen LogP contribution is 2.28. The van der Waals surface area contributed by atoms with Crippen molar-refractivity contribution in [2.45, 2.75) is 31.9 Å². The summed E-state index contributed by atoms with van der Waals surface area (Å²) in [5, 5.41) is 1.33. The lowest BCUT2D eigenvalue weighted by molar-refractivity contribution is 0.415. The van der Waals surface area contributed by atoms with Gasteiger partial charge in [-0.2, -0.15) is 0 Å². The minimum atomic E-state index is -1.15. The second-order valence-electron chi connectivity index (χ2n) is 6.22. The molecule has 0 fully saturated rings. The third-order valence-corrected chi connectivity index (χ3v) is 5.25. The van der Waals surface area contributed by atoms with Gasteiger partial charge in [0.2, 0.25) is 0 Å². The standard InChI is InChI=1S/C16H21ClN2O3S/c1-16(2,3)23(21)18-6-5-10-7-11-8-12(17)14(22-4)9-13(11)19-15(10)20/h7-9,18H,5-6H2,1-4H3,(H,19,20). The Balaban J connectivity index is 2.19. The third-order valence-electron chi connectivity index (χ3n) is 3.38. The van der Waals surface area contributed by atoms with Crippen LogP contribution in [0.1, 0.15) is 26.3 Å². The molecule has 23 heavy (non-hydrogen) atoms. The van der Waals surface area contributed by atoms with Crippen LogP contribution in [0.3, 0.4) is 0 Å². The molecule has 0 aliphatic carbocycles. The number of aromatic nitrogens is 1. The first-order chi connectivity index (χ1) is 10.7. The number of H-pyrrole nitrogens is 1. The van der Waals surface area contributed by atoms with Crippen LogP contribution in [0.4, 0.5) is 0 Å². The zero-order valence-electron chi connectivity index (χ0n) is 13.7. The molecule has 2 N–H and O–H groups in total. The van der Waals surface area contributed by atoms with Crippen LogP contribution in [0.15, 0.2) is 23.0 Å². The van der Waals surface area contributed by atoms with Crippen LogP contribution in [-0.2, 0) is 17.8 Å². The van der Waals surface area contributed by atoms with Gasteiger partial charge < -0.3 is 14.3 Å². The second kappa shape index (κ2) is 7.13. The van der Waals surface area contributed by atoms with E-state index in [4.69, 9.17) is 16.3 Å². The van der Waals surface area contributed by atoms with Crippen LogP contribution in [-0.4, -0.2) is 27.9 Å². The number of benzene rings is 1. The molecule has 0 aliphatic heterocycles. The van der Waals surface area contributed by atoms with Crippen molar-refractivity contribution in [2.75, 3.05) is 13.7 Å². The lowest BCUT2D eigenvalue weighted by atomic mass is 10.1. The fraction of sp³-hybridized carbons (Fsp3) is 0.438. The predicted octanol–water partition coefficient (Wildman–Crippen LogP) is 2.78. The highest BCUT2D eigenvalue weighted by molar-refractivity contribution is 7.90. The van der Waals surface area contributed by atoms with Gasteiger partial charge in [0.25, 0.3) is 5.56 Å². The topological polar surface area (TPSA) is 77.2 Å². The molecule has 0 bridgehead atoms. The van der Waals surface area contributed by atoms with E-state index in [1.54, 1.807) is 18.2 Å². The van der Waals surface area contributed by atoms with E-state index >= 15 is 0 Å². The van der Waals surface area contributed by atoms with Crippen molar-refractivity contribution in [3.05, 3.63) is 39.1 Å². The van der Waals surface area contributed by atoms with Crippen LogP contribution < -0.4 is 15.0 Å². The van der Waals surface area contributed by atoms with Gasteiger partial charge in [0.15, 0.2) is 0 Å². The summed E-state index contributed by atoms with van der Waals surface area (Å²) < 4.78 is 19.7. The maximum Gasteiger partial charge on any atom is 0.251 e. The molecule has 0 spiro atoms. The minimum absolute atomic E-state index is 0.162. The van der Waals surface area contributed by atoms with Gasteiger partial charge in [-0.25, -0.2) is 0 Å². The molecule has 0 saturated heterocycles. The molecule has 1 atom stereocenters. The molecular formula is C16H21ClN2O3S. The minimum Gasteiger partial charge on any atom is -0.598 e. The van der Waals surface area contributed by atoms with Gasteiger partial charge in [-0.1, -0.05) is 11.6 Å². The molecule has 0 amide bonds. The average Bonchev–Trinajstić information content (AvgIpc) is 2.46. The van der Waals surface area contributed by atoms with E-state index in [0.29, 0.717) is 34.8 Å². The molecule has 1 heterocycles. The van der Waals surface area contributed by atoms with Gasteiger partial charge in [0, 0.05) is 34.9 Å². The first-order valence-corrected chi connectivity index (χ1v) is 8.80. The average molecular weight is 357 g/mol. The zero-order chi connectivity index (χ0) is 17.2. The Labute approximate surface area is 143 Å². The molecule has 2 rings (SSSR count). The van der Waals surface area contributed by atoms with E-state index < -0.39 is 11.4 Å². The number of halogens is 1. The van der Waals surface area contributed by atoms with Crippen molar-refractivity contribution in [1.82, 2.24) is 9.71 Å². The zero-order valence-corrected chi connectivity index (χ0v) is 15.2. The highest BCUT2D eigenvalue weighted by Gasteiger charge is 2.25. The second-order valence-corrected chi connectivity index (χ2v) is 8.68. The monoisotopic (exact) mass is 356 g/mol. The lowest BCUT2D eigenvalue weighted by Gasteiger charge is -2.23. The largest absolute Gasteiger partial charge is 0.598 e. The predicted molar refractivity (Wildman–Crippen MR) is 95.7 cm³/mol. The number of fused-ring (bicyclic) bond motifs is 1. The van der Waals surface area contributed by atoms with E-state index in [-0.39, 0.29) is 10.3 Å². The Hall–Kier alpha value is -1.21. The fourth-order valence-corrected chi connectivity index (χ4v) is 3.06. The van der Waals surface area contributed by atoms with Crippen molar-refractivity contribution in [3.63, 3.8) is 0 Å². The summed E-state index contributed by atoms with van der Waals surface area (Å²) >= 11 is 4.97. The summed E-state index contributed by atoms with van der Waals surface area (Å²) in [5.41, 5.74) is 1.13. The van der Waals surface area contributed by atoms with Crippen LogP contribution in [0.2, 0.25) is 5.02 Å². The first-order valence-electron chi connectivity index (χ1n) is 7.27. The molecule has 126 valence electrons. The molecule has 1 unspecified atom stereocenters. The molecule has 0 saturated carbocycles. The van der Waals surface area contributed by atoms with Crippen molar-refractivity contribution in [3.8, 4) is 5.75 Å². The van der Waals surface area contributed by atoms with Gasteiger partial charge in [0.05, 0.1) is 17.6 Å². The maximum atomic E-state index is 12.2. The van der Waals surface area contributed by atoms with Crippen LogP contribution >= 0.6 is 11.6 Å². The molecule has 2 aromatic rings. The van der Waals surface area contributed by atoms with E-state index in [2.05, 4.69) is 9.71 Å². The number of pyridine rings is 1. The summed E-state index contributed by atoms with van der Waals surface area (Å²) in [4.78, 5) is 15.0. The maximum absolute atomic E-state index is 12.2. The summed E-state index contributed by atoms with van der Waals surface area (Å²) in [6, 6.07) is 5.27. The van der Waals surface area contributed by atoms with Gasteiger partial charge in [0.1, 0.15) is 10.5 Å². The molecule has 1 aromatic carbocycles. The molecule has 0 aliphatic rings. The molecule has 0 radical (unpaired) electrons. The Morgan fingerprint density at radius 2 is 2.04 bits per heavy atom. The normalized spacial score (nSPS) is 13.3. The van der Waals surface area contributed by atoms with Gasteiger partial charge in [-0.15, -0.1) is 4.72 Å². The Morgan fingerprint density at radius 3 is 2.65 bits per heavy atom. The molecular weight excluding hydrogens is 336 g/mol. The van der Waals surface area contributed by atoms with Gasteiger partial charge >= 0.3 is 0 Å². The fourth-order valence-electron chi connectivity index (χ4n) is 2.09. The highest BCUT2D eigenvalue weighted by atomic mass is 35.5. The number of rotatable bonds is 5. The third kappa shape index (κ3) is 4.41. The van der Waals surface area contributed by atoms with E-state index in [0.717, 1.165) is 5.39 Å². The van der Waals surface area contributed by atoms with Crippen molar-refractivity contribution < 1.29 is 9.29 Å². The van der Waals surface area contributed by atoms with E-state index in [9.17, 15) is 9.35 Å².